The number of thiazole rings is 1. The van der Waals surface area contributed by atoms with Crippen molar-refractivity contribution >= 4 is 27.3 Å². The fourth-order valence-electron chi connectivity index (χ4n) is 1.11. The molecule has 1 atom stereocenters. The summed E-state index contributed by atoms with van der Waals surface area (Å²) < 4.78 is 25.2. The molecule has 17 heavy (non-hydrogen) atoms. The minimum atomic E-state index is -3.52. The van der Waals surface area contributed by atoms with Crippen LogP contribution in [0.3, 0.4) is 0 Å². The summed E-state index contributed by atoms with van der Waals surface area (Å²) in [4.78, 5) is 14.4. The van der Waals surface area contributed by atoms with Crippen molar-refractivity contribution in [3.63, 3.8) is 0 Å². The van der Waals surface area contributed by atoms with Crippen LogP contribution in [0.15, 0.2) is 11.6 Å². The van der Waals surface area contributed by atoms with Crippen LogP contribution in [-0.4, -0.2) is 36.8 Å². The third-order valence-corrected chi connectivity index (χ3v) is 4.42. The third-order valence-electron chi connectivity index (χ3n) is 2.07. The number of rotatable bonds is 7. The van der Waals surface area contributed by atoms with Gasteiger partial charge in [-0.2, -0.15) is 0 Å². The van der Waals surface area contributed by atoms with E-state index in [1.165, 1.54) is 11.3 Å². The molecule has 0 radical (unpaired) electrons. The number of carboxylic acids is 1. The highest BCUT2D eigenvalue weighted by Crippen LogP contribution is 2.16. The summed E-state index contributed by atoms with van der Waals surface area (Å²) in [7, 11) is -3.52. The number of carboxylic acid groups (broad SMARTS) is 1. The van der Waals surface area contributed by atoms with Crippen LogP contribution < -0.4 is 4.72 Å². The summed E-state index contributed by atoms with van der Waals surface area (Å²) in [5.74, 6) is -1.54. The normalized spacial score (nSPS) is 13.5. The monoisotopic (exact) mass is 278 g/mol. The maximum atomic E-state index is 11.4. The minimum absolute atomic E-state index is 0.0189. The average molecular weight is 278 g/mol. The lowest BCUT2D eigenvalue weighted by atomic mass is 10.2. The van der Waals surface area contributed by atoms with Gasteiger partial charge in [-0.1, -0.05) is 6.92 Å². The molecule has 1 rings (SSSR count). The smallest absolute Gasteiger partial charge is 0.304 e. The van der Waals surface area contributed by atoms with Crippen LogP contribution in [-0.2, 0) is 14.8 Å². The molecule has 0 saturated carbocycles. The van der Waals surface area contributed by atoms with E-state index in [1.807, 2.05) is 12.3 Å². The van der Waals surface area contributed by atoms with Gasteiger partial charge >= 0.3 is 5.97 Å². The Kier molecular flexibility index (Phi) is 5.03. The van der Waals surface area contributed by atoms with Gasteiger partial charge in [-0.05, 0) is 0 Å². The maximum Gasteiger partial charge on any atom is 0.304 e. The van der Waals surface area contributed by atoms with Gasteiger partial charge in [0.1, 0.15) is 0 Å². The Hall–Kier alpha value is -0.990. The Morgan fingerprint density at radius 2 is 2.35 bits per heavy atom. The van der Waals surface area contributed by atoms with Gasteiger partial charge in [0.2, 0.25) is 10.0 Å². The number of hydrogen-bond acceptors (Lipinski definition) is 5. The molecule has 0 saturated heterocycles. The van der Waals surface area contributed by atoms with Gasteiger partial charge in [0.25, 0.3) is 0 Å². The number of carbonyl (C=O) groups is 1. The number of sulfonamides is 1. The molecule has 6 nitrogen and oxygen atoms in total. The summed E-state index contributed by atoms with van der Waals surface area (Å²) in [6.07, 6.45) is 1.27. The summed E-state index contributed by atoms with van der Waals surface area (Å²) in [6, 6.07) is 0. The Morgan fingerprint density at radius 1 is 1.65 bits per heavy atom. The number of nitrogens with one attached hydrogen (secondary N) is 1. The predicted molar refractivity (Wildman–Crippen MR) is 64.6 cm³/mol. The van der Waals surface area contributed by atoms with Crippen molar-refractivity contribution in [1.29, 1.82) is 0 Å². The molecule has 0 aliphatic heterocycles. The van der Waals surface area contributed by atoms with Crippen molar-refractivity contribution < 1.29 is 18.3 Å². The summed E-state index contributed by atoms with van der Waals surface area (Å²) in [6.45, 7) is 2.09. The van der Waals surface area contributed by atoms with Gasteiger partial charge in [0.15, 0.2) is 0 Å². The molecule has 8 heteroatoms. The van der Waals surface area contributed by atoms with Crippen molar-refractivity contribution in [3.05, 3.63) is 16.6 Å². The van der Waals surface area contributed by atoms with Gasteiger partial charge < -0.3 is 5.11 Å². The molecule has 0 amide bonds. The summed E-state index contributed by atoms with van der Waals surface area (Å²) in [5, 5.41) is 11.1. The Balaban J connectivity index is 2.42. The zero-order valence-corrected chi connectivity index (χ0v) is 10.9. The van der Waals surface area contributed by atoms with Crippen LogP contribution in [0, 0.1) is 0 Å². The lowest BCUT2D eigenvalue weighted by Crippen LogP contribution is -2.30. The van der Waals surface area contributed by atoms with Crippen molar-refractivity contribution in [2.45, 2.75) is 19.3 Å². The predicted octanol–water partition coefficient (Wildman–Crippen LogP) is 0.641. The zero-order valence-electron chi connectivity index (χ0n) is 9.29. The van der Waals surface area contributed by atoms with Crippen molar-refractivity contribution in [1.82, 2.24) is 9.71 Å². The van der Waals surface area contributed by atoms with E-state index in [-0.39, 0.29) is 18.9 Å². The van der Waals surface area contributed by atoms with Gasteiger partial charge in [-0.15, -0.1) is 11.3 Å². The van der Waals surface area contributed by atoms with Crippen LogP contribution in [0.4, 0.5) is 0 Å². The fraction of sp³-hybridized carbons (Fsp3) is 0.556. The highest BCUT2D eigenvalue weighted by atomic mass is 32.2. The first-order valence-corrected chi connectivity index (χ1v) is 7.52. The topological polar surface area (TPSA) is 96.4 Å². The van der Waals surface area contributed by atoms with Crippen LogP contribution in [0.5, 0.6) is 0 Å². The molecule has 0 aliphatic carbocycles. The molecule has 0 spiro atoms. The van der Waals surface area contributed by atoms with E-state index in [0.717, 1.165) is 5.01 Å². The number of aromatic nitrogens is 1. The second-order valence-electron chi connectivity index (χ2n) is 3.58. The van der Waals surface area contributed by atoms with Gasteiger partial charge in [-0.3, -0.25) is 4.79 Å². The van der Waals surface area contributed by atoms with Crippen LogP contribution in [0.25, 0.3) is 0 Å². The van der Waals surface area contributed by atoms with E-state index in [0.29, 0.717) is 0 Å². The second-order valence-corrected chi connectivity index (χ2v) is 6.44. The van der Waals surface area contributed by atoms with Crippen LogP contribution >= 0.6 is 11.3 Å². The average Bonchev–Trinajstić information content (AvgIpc) is 2.77. The number of aliphatic carboxylic acids is 1. The van der Waals surface area contributed by atoms with E-state index < -0.39 is 21.7 Å². The van der Waals surface area contributed by atoms with Crippen molar-refractivity contribution in [3.8, 4) is 0 Å². The Morgan fingerprint density at radius 3 is 2.88 bits per heavy atom. The zero-order chi connectivity index (χ0) is 12.9. The molecule has 0 aliphatic rings. The van der Waals surface area contributed by atoms with E-state index in [4.69, 9.17) is 5.11 Å². The van der Waals surface area contributed by atoms with Crippen LogP contribution in [0.2, 0.25) is 0 Å². The van der Waals surface area contributed by atoms with E-state index in [9.17, 15) is 13.2 Å². The quantitative estimate of drug-likeness (QED) is 0.763. The molecule has 0 bridgehead atoms. The SMILES string of the molecule is CC(CNS(=O)(=O)CCC(=O)O)c1nccs1. The third kappa shape index (κ3) is 5.24. The molecule has 1 unspecified atom stereocenters. The molecule has 0 aromatic carbocycles. The first-order valence-electron chi connectivity index (χ1n) is 4.99. The Bertz CT molecular complexity index is 455. The lowest BCUT2D eigenvalue weighted by molar-refractivity contribution is -0.136. The second kappa shape index (κ2) is 6.08. The fourth-order valence-corrected chi connectivity index (χ4v) is 2.90. The molecule has 0 fully saturated rings. The first-order chi connectivity index (χ1) is 7.91. The molecule has 2 N–H and O–H groups in total. The van der Waals surface area contributed by atoms with Crippen molar-refractivity contribution in [2.75, 3.05) is 12.3 Å². The van der Waals surface area contributed by atoms with Crippen LogP contribution in [0.1, 0.15) is 24.3 Å². The Labute approximate surface area is 104 Å². The minimum Gasteiger partial charge on any atom is -0.481 e. The maximum absolute atomic E-state index is 11.4. The molecule has 1 aromatic rings. The summed E-state index contributed by atoms with van der Waals surface area (Å²) in [5.41, 5.74) is 0. The highest BCUT2D eigenvalue weighted by molar-refractivity contribution is 7.89. The van der Waals surface area contributed by atoms with E-state index in [2.05, 4.69) is 9.71 Å². The molecular formula is C9H14N2O4S2. The number of hydrogen-bond donors (Lipinski definition) is 2. The standard InChI is InChI=1S/C9H14N2O4S2/c1-7(9-10-3-4-16-9)6-11-17(14,15)5-2-8(12)13/h3-4,7,11H,2,5-6H2,1H3,(H,12,13). The van der Waals surface area contributed by atoms with Crippen molar-refractivity contribution in [2.24, 2.45) is 0 Å². The molecular weight excluding hydrogens is 264 g/mol. The largest absolute Gasteiger partial charge is 0.481 e. The van der Waals surface area contributed by atoms with Gasteiger partial charge in [0.05, 0.1) is 17.2 Å². The molecule has 1 aromatic heterocycles. The highest BCUT2D eigenvalue weighted by Gasteiger charge is 2.15. The van der Waals surface area contributed by atoms with Gasteiger partial charge in [0, 0.05) is 24.0 Å². The van der Waals surface area contributed by atoms with Gasteiger partial charge in [-0.25, -0.2) is 18.1 Å². The lowest BCUT2D eigenvalue weighted by Gasteiger charge is -2.09. The van der Waals surface area contributed by atoms with E-state index in [1.54, 1.807) is 6.20 Å². The summed E-state index contributed by atoms with van der Waals surface area (Å²) >= 11 is 1.46. The number of nitrogens with zero attached hydrogens (tertiary/aromatic N) is 1. The molecule has 96 valence electrons. The molecule has 1 heterocycles. The first kappa shape index (κ1) is 14.1. The van der Waals surface area contributed by atoms with E-state index >= 15 is 0 Å².